The predicted molar refractivity (Wildman–Crippen MR) is 169 cm³/mol. The third-order valence-corrected chi connectivity index (χ3v) is 10.4. The monoisotopic (exact) mass is 603 g/mol. The number of fused-ring (bicyclic) bond motifs is 3. The van der Waals surface area contributed by atoms with Crippen LogP contribution in [0.3, 0.4) is 0 Å². The van der Waals surface area contributed by atoms with E-state index in [4.69, 9.17) is 17.0 Å². The number of thiocarbonyl (C=S) groups is 1. The molecule has 2 fully saturated rings. The second-order valence-corrected chi connectivity index (χ2v) is 12.8. The lowest BCUT2D eigenvalue weighted by Crippen LogP contribution is -2.36. The van der Waals surface area contributed by atoms with Gasteiger partial charge in [0, 0.05) is 29.9 Å². The molecule has 1 saturated carbocycles. The fraction of sp³-hybridized carbons (Fsp3) is 0.290. The van der Waals surface area contributed by atoms with Crippen molar-refractivity contribution in [2.24, 2.45) is 0 Å². The number of esters is 1. The van der Waals surface area contributed by atoms with Gasteiger partial charge in [-0.15, -0.1) is 17.9 Å². The second kappa shape index (κ2) is 11.4. The Balaban J connectivity index is 1.46. The van der Waals surface area contributed by atoms with Crippen LogP contribution < -0.4 is 19.7 Å². The highest BCUT2D eigenvalue weighted by Gasteiger charge is 2.42. The van der Waals surface area contributed by atoms with Gasteiger partial charge in [-0.3, -0.25) is 23.9 Å². The molecule has 10 heteroatoms. The SMILES string of the molecule is C=CCN1C(=O)/C(=c2\s/c(=C/c3ccc4c(c3)C3CCCC3N4c3ccccc3)c(=O)n2CC(=O)OCC)SC1=S. The molecule has 2 aromatic carbocycles. The van der Waals surface area contributed by atoms with Crippen molar-refractivity contribution in [3.63, 3.8) is 0 Å². The number of thioether (sulfide) groups is 1. The molecule has 0 bridgehead atoms. The molecule has 41 heavy (non-hydrogen) atoms. The van der Waals surface area contributed by atoms with Gasteiger partial charge in [-0.1, -0.05) is 60.7 Å². The molecular formula is C31H29N3O4S3. The molecule has 2 atom stereocenters. The van der Waals surface area contributed by atoms with Crippen LogP contribution in [0.4, 0.5) is 11.4 Å². The lowest BCUT2D eigenvalue weighted by atomic mass is 9.96. The Morgan fingerprint density at radius 2 is 1.98 bits per heavy atom. The number of ether oxygens (including phenoxy) is 1. The summed E-state index contributed by atoms with van der Waals surface area (Å²) in [5, 5.41) is 0. The largest absolute Gasteiger partial charge is 0.465 e. The van der Waals surface area contributed by atoms with Gasteiger partial charge in [0.25, 0.3) is 11.5 Å². The molecule has 1 aromatic heterocycles. The normalized spacial score (nSPS) is 21.4. The van der Waals surface area contributed by atoms with E-state index in [1.165, 1.54) is 44.2 Å². The fourth-order valence-corrected chi connectivity index (χ4v) is 8.55. The van der Waals surface area contributed by atoms with Crippen LogP contribution in [0.5, 0.6) is 0 Å². The summed E-state index contributed by atoms with van der Waals surface area (Å²) in [6, 6.07) is 17.3. The summed E-state index contributed by atoms with van der Waals surface area (Å²) in [4.78, 5) is 43.6. The Bertz CT molecular complexity index is 1740. The standard InChI is InChI=1S/C31H29N3O4S3/c1-3-15-32-29(37)27(41-31(32)39)30-33(18-26(35)38-4-2)28(36)25(40-30)17-19-13-14-24-22(16-19)21-11-8-12-23(21)34(24)20-9-6-5-7-10-20/h3,5-7,9-10,13-14,16-17,21,23H,1,4,8,11-12,15,18H2,2H3/b25-17+,30-27+. The number of benzene rings is 2. The number of nitrogens with zero attached hydrogens (tertiary/aromatic N) is 3. The summed E-state index contributed by atoms with van der Waals surface area (Å²) in [6.45, 7) is 5.62. The Labute approximate surface area is 251 Å². The maximum absolute atomic E-state index is 13.7. The molecule has 2 aliphatic heterocycles. The quantitative estimate of drug-likeness (QED) is 0.227. The number of carbonyl (C=O) groups is 2. The Morgan fingerprint density at radius 1 is 1.17 bits per heavy atom. The molecule has 3 aliphatic rings. The van der Waals surface area contributed by atoms with Crippen LogP contribution in [0.1, 0.15) is 43.2 Å². The molecule has 1 aliphatic carbocycles. The van der Waals surface area contributed by atoms with E-state index >= 15 is 0 Å². The lowest BCUT2D eigenvalue weighted by Gasteiger charge is -2.27. The number of thiazole rings is 1. The molecule has 3 aromatic rings. The Hall–Kier alpha value is -3.47. The van der Waals surface area contributed by atoms with Crippen molar-refractivity contribution in [3.05, 3.63) is 91.9 Å². The molecule has 3 heterocycles. The number of hydrogen-bond donors (Lipinski definition) is 0. The number of amides is 1. The van der Waals surface area contributed by atoms with Crippen molar-refractivity contribution >= 4 is 73.9 Å². The first-order valence-electron chi connectivity index (χ1n) is 13.6. The van der Waals surface area contributed by atoms with Crippen LogP contribution >= 0.6 is 35.3 Å². The highest BCUT2D eigenvalue weighted by atomic mass is 32.2. The van der Waals surface area contributed by atoms with Crippen molar-refractivity contribution in [1.29, 1.82) is 0 Å². The van der Waals surface area contributed by atoms with Crippen molar-refractivity contribution < 1.29 is 14.3 Å². The molecule has 6 rings (SSSR count). The van der Waals surface area contributed by atoms with Gasteiger partial charge >= 0.3 is 5.97 Å². The van der Waals surface area contributed by atoms with Crippen molar-refractivity contribution in [3.8, 4) is 0 Å². The topological polar surface area (TPSA) is 71.9 Å². The molecule has 0 spiro atoms. The highest BCUT2D eigenvalue weighted by Crippen LogP contribution is 2.52. The summed E-state index contributed by atoms with van der Waals surface area (Å²) < 4.78 is 7.72. The third kappa shape index (κ3) is 4.98. The van der Waals surface area contributed by atoms with Crippen LogP contribution in [0, 0.1) is 0 Å². The maximum Gasteiger partial charge on any atom is 0.326 e. The average molecular weight is 604 g/mol. The van der Waals surface area contributed by atoms with E-state index in [0.29, 0.717) is 30.4 Å². The smallest absolute Gasteiger partial charge is 0.326 e. The third-order valence-electron chi connectivity index (χ3n) is 7.71. The first kappa shape index (κ1) is 27.7. The zero-order valence-electron chi connectivity index (χ0n) is 22.6. The van der Waals surface area contributed by atoms with E-state index in [9.17, 15) is 14.4 Å². The molecule has 2 unspecified atom stereocenters. The van der Waals surface area contributed by atoms with Gasteiger partial charge in [-0.2, -0.15) is 0 Å². The molecule has 7 nitrogen and oxygen atoms in total. The van der Waals surface area contributed by atoms with Gasteiger partial charge in [-0.25, -0.2) is 0 Å². The molecular weight excluding hydrogens is 575 g/mol. The number of hydrogen-bond acceptors (Lipinski definition) is 8. The molecule has 1 saturated heterocycles. The average Bonchev–Trinajstić information content (AvgIpc) is 3.70. The minimum Gasteiger partial charge on any atom is -0.465 e. The molecule has 1 amide bonds. The van der Waals surface area contributed by atoms with Gasteiger partial charge in [0.15, 0.2) is 0 Å². The van der Waals surface area contributed by atoms with Crippen LogP contribution in [-0.4, -0.2) is 44.9 Å². The van der Waals surface area contributed by atoms with Crippen LogP contribution in [-0.2, 0) is 20.9 Å². The second-order valence-electron chi connectivity index (χ2n) is 10.1. The number of carbonyl (C=O) groups excluding carboxylic acids is 2. The van der Waals surface area contributed by atoms with Crippen molar-refractivity contribution in [1.82, 2.24) is 9.47 Å². The summed E-state index contributed by atoms with van der Waals surface area (Å²) in [6.07, 6.45) is 6.94. The van der Waals surface area contributed by atoms with Gasteiger partial charge < -0.3 is 9.64 Å². The van der Waals surface area contributed by atoms with Crippen molar-refractivity contribution in [2.45, 2.75) is 44.7 Å². The zero-order chi connectivity index (χ0) is 28.7. The van der Waals surface area contributed by atoms with E-state index in [1.807, 2.05) is 18.2 Å². The molecule has 0 radical (unpaired) electrons. The van der Waals surface area contributed by atoms with Gasteiger partial charge in [0.2, 0.25) is 0 Å². The van der Waals surface area contributed by atoms with Gasteiger partial charge in [0.1, 0.15) is 20.4 Å². The van der Waals surface area contributed by atoms with Crippen LogP contribution in [0.15, 0.2) is 66.0 Å². The number of para-hydroxylation sites is 1. The van der Waals surface area contributed by atoms with Gasteiger partial charge in [0.05, 0.1) is 11.1 Å². The number of rotatable bonds is 7. The van der Waals surface area contributed by atoms with Crippen LogP contribution in [0.2, 0.25) is 0 Å². The summed E-state index contributed by atoms with van der Waals surface area (Å²) in [5.74, 6) is -0.387. The molecule has 210 valence electrons. The van der Waals surface area contributed by atoms with E-state index < -0.39 is 5.97 Å². The Kier molecular flexibility index (Phi) is 7.72. The first-order valence-corrected chi connectivity index (χ1v) is 15.7. The minimum absolute atomic E-state index is 0.199. The summed E-state index contributed by atoms with van der Waals surface area (Å²) in [7, 11) is 0. The van der Waals surface area contributed by atoms with E-state index in [0.717, 1.165) is 30.2 Å². The predicted octanol–water partition coefficient (Wildman–Crippen LogP) is 4.24. The van der Waals surface area contributed by atoms with Gasteiger partial charge in [-0.05, 0) is 61.2 Å². The van der Waals surface area contributed by atoms with E-state index in [2.05, 4.69) is 47.9 Å². The highest BCUT2D eigenvalue weighted by molar-refractivity contribution is 8.30. The lowest BCUT2D eigenvalue weighted by molar-refractivity contribution is -0.143. The first-order chi connectivity index (χ1) is 19.9. The van der Waals surface area contributed by atoms with E-state index in [-0.39, 0.29) is 31.2 Å². The summed E-state index contributed by atoms with van der Waals surface area (Å²) in [5.41, 5.74) is 4.29. The molecule has 0 N–H and O–H groups in total. The van der Waals surface area contributed by atoms with Crippen LogP contribution in [0.25, 0.3) is 11.0 Å². The summed E-state index contributed by atoms with van der Waals surface area (Å²) >= 11 is 7.76. The zero-order valence-corrected chi connectivity index (χ0v) is 25.0. The Morgan fingerprint density at radius 3 is 2.73 bits per heavy atom. The number of aromatic nitrogens is 1. The fourth-order valence-electron chi connectivity index (χ4n) is 6.02. The minimum atomic E-state index is -0.535. The maximum atomic E-state index is 13.7. The van der Waals surface area contributed by atoms with Crippen molar-refractivity contribution in [2.75, 3.05) is 18.1 Å². The number of anilines is 2. The van der Waals surface area contributed by atoms with E-state index in [1.54, 1.807) is 13.0 Å².